The van der Waals surface area contributed by atoms with Gasteiger partial charge in [-0.15, -0.1) is 11.8 Å². The third-order valence-corrected chi connectivity index (χ3v) is 4.98. The monoisotopic (exact) mass is 301 g/mol. The van der Waals surface area contributed by atoms with Gasteiger partial charge in [0, 0.05) is 11.3 Å². The number of carbonyl (C=O) groups is 2. The van der Waals surface area contributed by atoms with Crippen molar-refractivity contribution in [3.63, 3.8) is 0 Å². The average Bonchev–Trinajstić information content (AvgIpc) is 2.88. The number of carboxylic acids is 1. The standard InChI is InChI=1S/C16H15NO3S/c1-10-17(14(9-21-10)16(19)20)15(18)13-8-4-6-11-5-2-3-7-12(11)13/h2-8,10,14H,9H2,1H3,(H,19,20). The Morgan fingerprint density at radius 3 is 2.67 bits per heavy atom. The summed E-state index contributed by atoms with van der Waals surface area (Å²) in [5, 5.41) is 11.0. The molecule has 1 amide bonds. The number of amides is 1. The molecule has 0 spiro atoms. The summed E-state index contributed by atoms with van der Waals surface area (Å²) >= 11 is 1.49. The number of fused-ring (bicyclic) bond motifs is 1. The number of hydrogen-bond acceptors (Lipinski definition) is 3. The van der Waals surface area contributed by atoms with Gasteiger partial charge >= 0.3 is 5.97 Å². The maximum atomic E-state index is 12.8. The quantitative estimate of drug-likeness (QED) is 0.926. The molecule has 4 nitrogen and oxygen atoms in total. The number of benzene rings is 2. The largest absolute Gasteiger partial charge is 0.480 e. The van der Waals surface area contributed by atoms with Gasteiger partial charge in [-0.05, 0) is 23.8 Å². The minimum absolute atomic E-state index is 0.127. The molecule has 1 aliphatic rings. The first-order valence-electron chi connectivity index (χ1n) is 6.74. The van der Waals surface area contributed by atoms with Crippen LogP contribution in [0.25, 0.3) is 10.8 Å². The molecule has 0 bridgehead atoms. The summed E-state index contributed by atoms with van der Waals surface area (Å²) in [7, 11) is 0. The predicted molar refractivity (Wildman–Crippen MR) is 83.5 cm³/mol. The zero-order valence-corrected chi connectivity index (χ0v) is 12.3. The van der Waals surface area contributed by atoms with Crippen LogP contribution in [0, 0.1) is 0 Å². The van der Waals surface area contributed by atoms with Crippen LogP contribution in [-0.2, 0) is 4.79 Å². The third kappa shape index (κ3) is 2.38. The summed E-state index contributed by atoms with van der Waals surface area (Å²) in [6.45, 7) is 1.87. The van der Waals surface area contributed by atoms with E-state index in [2.05, 4.69) is 0 Å². The Kier molecular flexibility index (Phi) is 3.59. The number of thioether (sulfide) groups is 1. The van der Waals surface area contributed by atoms with Gasteiger partial charge in [0.15, 0.2) is 0 Å². The van der Waals surface area contributed by atoms with Crippen molar-refractivity contribution in [2.45, 2.75) is 18.3 Å². The van der Waals surface area contributed by atoms with Crippen molar-refractivity contribution >= 4 is 34.4 Å². The van der Waals surface area contributed by atoms with Gasteiger partial charge in [0.2, 0.25) is 0 Å². The molecule has 2 aromatic rings. The maximum absolute atomic E-state index is 12.8. The van der Waals surface area contributed by atoms with E-state index in [1.165, 1.54) is 16.7 Å². The first kappa shape index (κ1) is 13.9. The van der Waals surface area contributed by atoms with Crippen molar-refractivity contribution in [1.82, 2.24) is 4.90 Å². The Hall–Kier alpha value is -2.01. The second kappa shape index (κ2) is 5.41. The molecular weight excluding hydrogens is 286 g/mol. The van der Waals surface area contributed by atoms with Crippen LogP contribution >= 0.6 is 11.8 Å². The van der Waals surface area contributed by atoms with Crippen molar-refractivity contribution in [1.29, 1.82) is 0 Å². The Bertz CT molecular complexity index is 710. The highest BCUT2D eigenvalue weighted by atomic mass is 32.2. The van der Waals surface area contributed by atoms with Crippen molar-refractivity contribution in [2.75, 3.05) is 5.75 Å². The highest BCUT2D eigenvalue weighted by molar-refractivity contribution is 8.00. The minimum atomic E-state index is -0.944. The number of hydrogen-bond donors (Lipinski definition) is 1. The van der Waals surface area contributed by atoms with Crippen LogP contribution < -0.4 is 0 Å². The van der Waals surface area contributed by atoms with Crippen LogP contribution in [0.5, 0.6) is 0 Å². The van der Waals surface area contributed by atoms with E-state index < -0.39 is 12.0 Å². The first-order valence-corrected chi connectivity index (χ1v) is 7.79. The van der Waals surface area contributed by atoms with Crippen molar-refractivity contribution in [3.8, 4) is 0 Å². The van der Waals surface area contributed by atoms with Crippen molar-refractivity contribution < 1.29 is 14.7 Å². The molecule has 2 aromatic carbocycles. The summed E-state index contributed by atoms with van der Waals surface area (Å²) in [6, 6.07) is 12.4. The van der Waals surface area contributed by atoms with E-state index in [9.17, 15) is 14.7 Å². The highest BCUT2D eigenvalue weighted by Crippen LogP contribution is 2.31. The van der Waals surface area contributed by atoms with Crippen LogP contribution in [0.3, 0.4) is 0 Å². The molecule has 1 heterocycles. The molecule has 2 atom stereocenters. The van der Waals surface area contributed by atoms with Crippen LogP contribution in [0.15, 0.2) is 42.5 Å². The van der Waals surface area contributed by atoms with Gasteiger partial charge in [-0.1, -0.05) is 36.4 Å². The average molecular weight is 301 g/mol. The Labute approximate surface area is 126 Å². The van der Waals surface area contributed by atoms with Crippen LogP contribution in [0.4, 0.5) is 0 Å². The molecule has 108 valence electrons. The summed E-state index contributed by atoms with van der Waals surface area (Å²) in [5.74, 6) is -0.718. The molecule has 1 saturated heterocycles. The maximum Gasteiger partial charge on any atom is 0.327 e. The second-order valence-electron chi connectivity index (χ2n) is 5.03. The zero-order valence-electron chi connectivity index (χ0n) is 11.5. The molecule has 0 aliphatic carbocycles. The Morgan fingerprint density at radius 2 is 1.90 bits per heavy atom. The van der Waals surface area contributed by atoms with E-state index in [1.807, 2.05) is 43.3 Å². The third-order valence-electron chi connectivity index (χ3n) is 3.76. The SMILES string of the molecule is CC1SCC(C(=O)O)N1C(=O)c1cccc2ccccc12. The van der Waals surface area contributed by atoms with E-state index in [1.54, 1.807) is 6.07 Å². The van der Waals surface area contributed by atoms with Crippen molar-refractivity contribution in [2.24, 2.45) is 0 Å². The van der Waals surface area contributed by atoms with E-state index >= 15 is 0 Å². The van der Waals surface area contributed by atoms with Gasteiger partial charge in [-0.25, -0.2) is 4.79 Å². The van der Waals surface area contributed by atoms with E-state index in [0.717, 1.165) is 10.8 Å². The lowest BCUT2D eigenvalue weighted by Gasteiger charge is -2.25. The van der Waals surface area contributed by atoms with Crippen LogP contribution in [0.1, 0.15) is 17.3 Å². The first-order chi connectivity index (χ1) is 10.1. The lowest BCUT2D eigenvalue weighted by molar-refractivity contribution is -0.141. The van der Waals surface area contributed by atoms with Crippen molar-refractivity contribution in [3.05, 3.63) is 48.0 Å². The molecule has 0 radical (unpaired) electrons. The number of nitrogens with zero attached hydrogens (tertiary/aromatic N) is 1. The Morgan fingerprint density at radius 1 is 1.19 bits per heavy atom. The molecule has 2 unspecified atom stereocenters. The normalized spacial score (nSPS) is 21.7. The van der Waals surface area contributed by atoms with Crippen LogP contribution in [-0.4, -0.2) is 39.1 Å². The van der Waals surface area contributed by atoms with Crippen LogP contribution in [0.2, 0.25) is 0 Å². The van der Waals surface area contributed by atoms with E-state index in [0.29, 0.717) is 11.3 Å². The number of rotatable bonds is 2. The van der Waals surface area contributed by atoms with Gasteiger partial charge in [0.05, 0.1) is 5.37 Å². The topological polar surface area (TPSA) is 57.6 Å². The molecule has 5 heteroatoms. The summed E-state index contributed by atoms with van der Waals surface area (Å²) < 4.78 is 0. The number of carboxylic acid groups (broad SMARTS) is 1. The molecule has 1 aliphatic heterocycles. The lowest BCUT2D eigenvalue weighted by atomic mass is 10.0. The van der Waals surface area contributed by atoms with E-state index in [-0.39, 0.29) is 11.3 Å². The highest BCUT2D eigenvalue weighted by Gasteiger charge is 2.40. The molecule has 1 fully saturated rings. The summed E-state index contributed by atoms with van der Waals surface area (Å²) in [4.78, 5) is 25.7. The van der Waals surface area contributed by atoms with Gasteiger partial charge in [0.1, 0.15) is 6.04 Å². The zero-order chi connectivity index (χ0) is 15.0. The van der Waals surface area contributed by atoms with Gasteiger partial charge < -0.3 is 10.0 Å². The van der Waals surface area contributed by atoms with Gasteiger partial charge in [0.25, 0.3) is 5.91 Å². The van der Waals surface area contributed by atoms with E-state index in [4.69, 9.17) is 0 Å². The minimum Gasteiger partial charge on any atom is -0.480 e. The number of aliphatic carboxylic acids is 1. The smallest absolute Gasteiger partial charge is 0.327 e. The second-order valence-corrected chi connectivity index (χ2v) is 6.37. The molecule has 0 aromatic heterocycles. The molecular formula is C16H15NO3S. The molecule has 3 rings (SSSR count). The fraction of sp³-hybridized carbons (Fsp3) is 0.250. The molecule has 0 saturated carbocycles. The predicted octanol–water partition coefficient (Wildman–Crippen LogP) is 2.83. The fourth-order valence-electron chi connectivity index (χ4n) is 2.69. The van der Waals surface area contributed by atoms with Gasteiger partial charge in [-0.2, -0.15) is 0 Å². The summed E-state index contributed by atoms with van der Waals surface area (Å²) in [5.41, 5.74) is 0.564. The molecule has 1 N–H and O–H groups in total. The summed E-state index contributed by atoms with van der Waals surface area (Å²) in [6.07, 6.45) is 0. The Balaban J connectivity index is 2.06. The fourth-order valence-corrected chi connectivity index (χ4v) is 3.86. The molecule has 21 heavy (non-hydrogen) atoms. The number of carbonyl (C=O) groups excluding carboxylic acids is 1. The lowest BCUT2D eigenvalue weighted by Crippen LogP contribution is -2.44. The van der Waals surface area contributed by atoms with Gasteiger partial charge in [-0.3, -0.25) is 4.79 Å².